The first-order valence-electron chi connectivity index (χ1n) is 8.94. The van der Waals surface area contributed by atoms with Crippen LogP contribution in [0.1, 0.15) is 42.6 Å². The number of ether oxygens (including phenoxy) is 2. The summed E-state index contributed by atoms with van der Waals surface area (Å²) in [5, 5.41) is 0. The minimum absolute atomic E-state index is 0.324. The molecule has 0 spiro atoms. The van der Waals surface area contributed by atoms with Gasteiger partial charge < -0.3 is 9.47 Å². The Bertz CT molecular complexity index is 803. The molecule has 0 aliphatic heterocycles. The van der Waals surface area contributed by atoms with Crippen LogP contribution in [0.3, 0.4) is 0 Å². The zero-order valence-corrected chi connectivity index (χ0v) is 16.1. The summed E-state index contributed by atoms with van der Waals surface area (Å²) in [5.74, 6) is -0.876. The zero-order chi connectivity index (χ0) is 20.5. The van der Waals surface area contributed by atoms with Gasteiger partial charge >= 0.3 is 5.97 Å². The van der Waals surface area contributed by atoms with E-state index in [0.717, 1.165) is 5.56 Å². The highest BCUT2D eigenvalue weighted by atomic mass is 16.6. The van der Waals surface area contributed by atoms with Crippen LogP contribution in [-0.2, 0) is 14.3 Å². The molecule has 0 aliphatic rings. The Balaban J connectivity index is 1.73. The molecule has 28 heavy (non-hydrogen) atoms. The van der Waals surface area contributed by atoms with Crippen molar-refractivity contribution in [2.24, 2.45) is 0 Å². The van der Waals surface area contributed by atoms with Crippen LogP contribution in [0.15, 0.2) is 54.6 Å². The van der Waals surface area contributed by atoms with Crippen molar-refractivity contribution < 1.29 is 23.9 Å². The standard InChI is InChI=1S/C21H24N2O5/c1-14(2)16-9-11-18(12-10-16)27-13-19(24)28-15(3)20(25)22-23-21(26)17-7-5-4-6-8-17/h4-12,14-15H,13H2,1-3H3,(H,22,25)(H,23,26)/t15-/m1/s1. The zero-order valence-electron chi connectivity index (χ0n) is 16.1. The molecular formula is C21H24N2O5. The Morgan fingerprint density at radius 1 is 0.893 bits per heavy atom. The number of benzene rings is 2. The van der Waals surface area contributed by atoms with Crippen molar-refractivity contribution in [3.63, 3.8) is 0 Å². The predicted octanol–water partition coefficient (Wildman–Crippen LogP) is 2.58. The minimum atomic E-state index is -1.09. The maximum atomic E-state index is 11.9. The van der Waals surface area contributed by atoms with E-state index < -0.39 is 23.9 Å². The summed E-state index contributed by atoms with van der Waals surface area (Å²) < 4.78 is 10.4. The van der Waals surface area contributed by atoms with Gasteiger partial charge in [-0.15, -0.1) is 0 Å². The maximum absolute atomic E-state index is 11.9. The largest absolute Gasteiger partial charge is 0.482 e. The lowest BCUT2D eigenvalue weighted by molar-refractivity contribution is -0.156. The van der Waals surface area contributed by atoms with E-state index in [1.807, 2.05) is 12.1 Å². The molecule has 0 bridgehead atoms. The third-order valence-electron chi connectivity index (χ3n) is 3.92. The summed E-state index contributed by atoms with van der Waals surface area (Å²) in [6, 6.07) is 15.8. The van der Waals surface area contributed by atoms with Crippen LogP contribution in [0.4, 0.5) is 0 Å². The summed E-state index contributed by atoms with van der Waals surface area (Å²) in [6.07, 6.45) is -1.09. The number of carbonyl (C=O) groups excluding carboxylic acids is 3. The lowest BCUT2D eigenvalue weighted by Crippen LogP contribution is -2.47. The van der Waals surface area contributed by atoms with Crippen LogP contribution in [0, 0.1) is 0 Å². The van der Waals surface area contributed by atoms with Gasteiger partial charge in [-0.1, -0.05) is 44.2 Å². The van der Waals surface area contributed by atoms with Gasteiger partial charge in [0.1, 0.15) is 5.75 Å². The monoisotopic (exact) mass is 384 g/mol. The molecule has 0 aromatic heterocycles. The quantitative estimate of drug-likeness (QED) is 0.565. The Morgan fingerprint density at radius 3 is 2.14 bits per heavy atom. The molecule has 0 unspecified atom stereocenters. The number of rotatable bonds is 7. The van der Waals surface area contributed by atoms with Crippen LogP contribution in [0.25, 0.3) is 0 Å². The molecule has 7 heteroatoms. The predicted molar refractivity (Wildman–Crippen MR) is 104 cm³/mol. The first-order chi connectivity index (χ1) is 13.4. The van der Waals surface area contributed by atoms with Crippen molar-refractivity contribution in [3.8, 4) is 5.75 Å². The van der Waals surface area contributed by atoms with E-state index in [1.165, 1.54) is 6.92 Å². The van der Waals surface area contributed by atoms with E-state index in [0.29, 0.717) is 17.2 Å². The lowest BCUT2D eigenvalue weighted by atomic mass is 10.0. The molecule has 148 valence electrons. The van der Waals surface area contributed by atoms with Gasteiger partial charge in [0.05, 0.1) is 0 Å². The van der Waals surface area contributed by atoms with Crippen LogP contribution >= 0.6 is 0 Å². The molecule has 2 aromatic carbocycles. The fourth-order valence-electron chi connectivity index (χ4n) is 2.26. The minimum Gasteiger partial charge on any atom is -0.482 e. The summed E-state index contributed by atoms with van der Waals surface area (Å²) in [6.45, 7) is 5.25. The normalized spacial score (nSPS) is 11.4. The van der Waals surface area contributed by atoms with Crippen molar-refractivity contribution in [2.45, 2.75) is 32.8 Å². The van der Waals surface area contributed by atoms with Crippen molar-refractivity contribution in [1.29, 1.82) is 0 Å². The topological polar surface area (TPSA) is 93.7 Å². The summed E-state index contributed by atoms with van der Waals surface area (Å²) >= 11 is 0. The Hall–Kier alpha value is -3.35. The lowest BCUT2D eigenvalue weighted by Gasteiger charge is -2.14. The van der Waals surface area contributed by atoms with Gasteiger partial charge in [0, 0.05) is 5.56 Å². The highest BCUT2D eigenvalue weighted by Crippen LogP contribution is 2.18. The molecule has 2 amide bonds. The second kappa shape index (κ2) is 10.1. The average molecular weight is 384 g/mol. The molecule has 2 N–H and O–H groups in total. The molecule has 0 saturated heterocycles. The number of hydrazine groups is 1. The van der Waals surface area contributed by atoms with Crippen molar-refractivity contribution in [3.05, 3.63) is 65.7 Å². The van der Waals surface area contributed by atoms with Gasteiger partial charge in [-0.05, 0) is 42.7 Å². The highest BCUT2D eigenvalue weighted by Gasteiger charge is 2.19. The number of carbonyl (C=O) groups is 3. The SMILES string of the molecule is CC(C)c1ccc(OCC(=O)O[C@H](C)C(=O)NNC(=O)c2ccccc2)cc1. The van der Waals surface area contributed by atoms with Gasteiger partial charge in [0.15, 0.2) is 12.7 Å². The van der Waals surface area contributed by atoms with Crippen molar-refractivity contribution in [2.75, 3.05) is 6.61 Å². The Labute approximate surface area is 164 Å². The molecule has 0 saturated carbocycles. The van der Waals surface area contributed by atoms with Gasteiger partial charge in [-0.3, -0.25) is 20.4 Å². The van der Waals surface area contributed by atoms with Gasteiger partial charge in [0.2, 0.25) is 0 Å². The van der Waals surface area contributed by atoms with E-state index in [1.54, 1.807) is 42.5 Å². The van der Waals surface area contributed by atoms with E-state index in [-0.39, 0.29) is 6.61 Å². The van der Waals surface area contributed by atoms with Gasteiger partial charge in [-0.2, -0.15) is 0 Å². The van der Waals surface area contributed by atoms with E-state index in [4.69, 9.17) is 9.47 Å². The second-order valence-electron chi connectivity index (χ2n) is 6.45. The number of esters is 1. The van der Waals surface area contributed by atoms with Crippen LogP contribution in [-0.4, -0.2) is 30.5 Å². The number of nitrogens with one attached hydrogen (secondary N) is 2. The Morgan fingerprint density at radius 2 is 1.54 bits per heavy atom. The van der Waals surface area contributed by atoms with E-state index in [2.05, 4.69) is 24.7 Å². The summed E-state index contributed by atoms with van der Waals surface area (Å²) in [4.78, 5) is 35.7. The molecule has 2 rings (SSSR count). The molecule has 0 radical (unpaired) electrons. The number of amides is 2. The third kappa shape index (κ3) is 6.42. The highest BCUT2D eigenvalue weighted by molar-refractivity contribution is 5.95. The maximum Gasteiger partial charge on any atom is 0.344 e. The second-order valence-corrected chi connectivity index (χ2v) is 6.45. The Kier molecular flexibility index (Phi) is 7.56. The molecule has 2 aromatic rings. The van der Waals surface area contributed by atoms with Crippen LogP contribution in [0.2, 0.25) is 0 Å². The fraction of sp³-hybridized carbons (Fsp3) is 0.286. The first-order valence-corrected chi connectivity index (χ1v) is 8.94. The fourth-order valence-corrected chi connectivity index (χ4v) is 2.26. The molecule has 1 atom stereocenters. The molecular weight excluding hydrogens is 360 g/mol. The number of hydrogen-bond donors (Lipinski definition) is 2. The van der Waals surface area contributed by atoms with Crippen LogP contribution in [0.5, 0.6) is 5.75 Å². The smallest absolute Gasteiger partial charge is 0.344 e. The summed E-state index contributed by atoms with van der Waals surface area (Å²) in [5.41, 5.74) is 6.04. The molecule has 0 aliphatic carbocycles. The first kappa shape index (κ1) is 21.0. The average Bonchev–Trinajstić information content (AvgIpc) is 2.71. The summed E-state index contributed by atoms with van der Waals surface area (Å²) in [7, 11) is 0. The molecule has 7 nitrogen and oxygen atoms in total. The van der Waals surface area contributed by atoms with E-state index >= 15 is 0 Å². The van der Waals surface area contributed by atoms with Crippen molar-refractivity contribution >= 4 is 17.8 Å². The number of hydrogen-bond acceptors (Lipinski definition) is 5. The van der Waals surface area contributed by atoms with Crippen LogP contribution < -0.4 is 15.6 Å². The van der Waals surface area contributed by atoms with Gasteiger partial charge in [-0.25, -0.2) is 4.79 Å². The van der Waals surface area contributed by atoms with E-state index in [9.17, 15) is 14.4 Å². The van der Waals surface area contributed by atoms with Crippen molar-refractivity contribution in [1.82, 2.24) is 10.9 Å². The molecule has 0 heterocycles. The third-order valence-corrected chi connectivity index (χ3v) is 3.92. The molecule has 0 fully saturated rings. The van der Waals surface area contributed by atoms with Gasteiger partial charge in [0.25, 0.3) is 11.8 Å².